The number of hydrogen-bond acceptors (Lipinski definition) is 6. The number of hydrogen-bond donors (Lipinski definition) is 2. The van der Waals surface area contributed by atoms with Crippen molar-refractivity contribution < 1.29 is 13.9 Å². The van der Waals surface area contributed by atoms with E-state index in [-0.39, 0.29) is 34.2 Å². The lowest BCUT2D eigenvalue weighted by molar-refractivity contribution is -0.102. The third kappa shape index (κ3) is 3.68. The van der Waals surface area contributed by atoms with Crippen LogP contribution in [0.15, 0.2) is 39.3 Å². The molecule has 1 aliphatic heterocycles. The highest BCUT2D eigenvalue weighted by Crippen LogP contribution is 2.67. The van der Waals surface area contributed by atoms with Gasteiger partial charge in [-0.05, 0) is 85.2 Å². The molecule has 0 aromatic carbocycles. The highest BCUT2D eigenvalue weighted by Gasteiger charge is 2.62. The fraction of sp³-hybridized carbons (Fsp3) is 0.724. The van der Waals surface area contributed by atoms with Crippen LogP contribution in [-0.2, 0) is 4.74 Å². The molecule has 36 heavy (non-hydrogen) atoms. The molecule has 7 nitrogen and oxygen atoms in total. The van der Waals surface area contributed by atoms with Crippen LogP contribution >= 0.6 is 0 Å². The van der Waals surface area contributed by atoms with Crippen molar-refractivity contribution in [2.75, 3.05) is 26.2 Å². The number of carbonyl (C=O) groups excluding carboxylic acids is 1. The number of nitrogens with zero attached hydrogens (tertiary/aromatic N) is 1. The Morgan fingerprint density at radius 2 is 1.94 bits per heavy atom. The molecule has 4 aliphatic carbocycles. The summed E-state index contributed by atoms with van der Waals surface area (Å²) in [5.41, 5.74) is 9.62. The maximum Gasteiger partial charge on any atom is 0.410 e. The second-order valence-electron chi connectivity index (χ2n) is 12.6. The van der Waals surface area contributed by atoms with E-state index in [2.05, 4.69) is 25.2 Å². The molecule has 6 rings (SSSR count). The first-order valence-corrected chi connectivity index (χ1v) is 14.0. The van der Waals surface area contributed by atoms with Gasteiger partial charge in [0.25, 0.3) is 0 Å². The highest BCUT2D eigenvalue weighted by atomic mass is 16.6. The minimum atomic E-state index is -0.296. The van der Waals surface area contributed by atoms with Crippen molar-refractivity contribution in [1.82, 2.24) is 10.2 Å². The van der Waals surface area contributed by atoms with Gasteiger partial charge < -0.3 is 25.1 Å². The van der Waals surface area contributed by atoms with Gasteiger partial charge in [0, 0.05) is 44.2 Å². The van der Waals surface area contributed by atoms with Crippen molar-refractivity contribution >= 4 is 6.09 Å². The Morgan fingerprint density at radius 1 is 1.14 bits per heavy atom. The molecule has 196 valence electrons. The minimum Gasteiger partial charge on any atom is -0.446 e. The van der Waals surface area contributed by atoms with Crippen LogP contribution in [0.2, 0.25) is 0 Å². The van der Waals surface area contributed by atoms with E-state index in [1.54, 1.807) is 17.9 Å². The highest BCUT2D eigenvalue weighted by molar-refractivity contribution is 5.68. The quantitative estimate of drug-likeness (QED) is 0.598. The van der Waals surface area contributed by atoms with E-state index >= 15 is 0 Å². The van der Waals surface area contributed by atoms with Crippen molar-refractivity contribution in [2.45, 2.75) is 82.8 Å². The summed E-state index contributed by atoms with van der Waals surface area (Å²) in [5.74, 6) is 1.49. The summed E-state index contributed by atoms with van der Waals surface area (Å²) in [5, 5.41) is 3.29. The van der Waals surface area contributed by atoms with Crippen molar-refractivity contribution in [1.29, 1.82) is 0 Å². The Bertz CT molecular complexity index is 1090. The normalized spacial score (nSPS) is 42.1. The molecule has 0 spiro atoms. The molecule has 3 saturated carbocycles. The molecule has 0 radical (unpaired) electrons. The predicted octanol–water partition coefficient (Wildman–Crippen LogP) is 4.18. The third-order valence-corrected chi connectivity index (χ3v) is 11.1. The molecule has 1 saturated heterocycles. The topological polar surface area (TPSA) is 97.8 Å². The fourth-order valence-electron chi connectivity index (χ4n) is 8.87. The third-order valence-electron chi connectivity index (χ3n) is 11.1. The van der Waals surface area contributed by atoms with E-state index in [0.717, 1.165) is 63.6 Å². The van der Waals surface area contributed by atoms with Gasteiger partial charge in [-0.25, -0.2) is 9.59 Å². The first-order valence-electron chi connectivity index (χ1n) is 14.0. The average molecular weight is 496 g/mol. The summed E-state index contributed by atoms with van der Waals surface area (Å²) in [4.78, 5) is 26.1. The minimum absolute atomic E-state index is 0.0493. The van der Waals surface area contributed by atoms with E-state index < -0.39 is 0 Å². The van der Waals surface area contributed by atoms with Crippen LogP contribution < -0.4 is 16.7 Å². The summed E-state index contributed by atoms with van der Waals surface area (Å²) in [7, 11) is 0. The van der Waals surface area contributed by atoms with Crippen LogP contribution in [0.1, 0.15) is 76.7 Å². The number of allylic oxidation sites excluding steroid dienone is 2. The molecule has 1 amide bonds. The van der Waals surface area contributed by atoms with E-state index in [9.17, 15) is 9.59 Å². The van der Waals surface area contributed by atoms with Gasteiger partial charge in [0.1, 0.15) is 6.10 Å². The van der Waals surface area contributed by atoms with E-state index in [0.29, 0.717) is 30.8 Å². The summed E-state index contributed by atoms with van der Waals surface area (Å²) in [6.07, 6.45) is 12.0. The van der Waals surface area contributed by atoms with Gasteiger partial charge in [0.2, 0.25) is 0 Å². The van der Waals surface area contributed by atoms with Gasteiger partial charge >= 0.3 is 11.7 Å². The number of piperazine rings is 1. The van der Waals surface area contributed by atoms with Crippen molar-refractivity contribution in [3.8, 4) is 0 Å². The van der Waals surface area contributed by atoms with Crippen LogP contribution in [0.4, 0.5) is 4.79 Å². The molecular weight excluding hydrogens is 454 g/mol. The zero-order chi connectivity index (χ0) is 25.1. The van der Waals surface area contributed by atoms with Crippen molar-refractivity contribution in [3.63, 3.8) is 0 Å². The van der Waals surface area contributed by atoms with Crippen LogP contribution in [0.5, 0.6) is 0 Å². The standard InChI is InChI=1S/C29H41N3O4/c1-27-10-9-24-21(23(27)5-4-22(27)19-3-6-25(33)35-18-19)8-12-29(30)17-20(7-11-28(24,29)2)36-26(34)32-15-13-31-14-16-32/h3,5-6,18,20-22,24,31H,4,7-17,30H2,1-2H3/t20-,21-,22+,24-,27?,28+,29-/m0/s1. The smallest absolute Gasteiger partial charge is 0.410 e. The largest absolute Gasteiger partial charge is 0.446 e. The molecule has 3 N–H and O–H groups in total. The summed E-state index contributed by atoms with van der Waals surface area (Å²) in [6, 6.07) is 3.51. The van der Waals surface area contributed by atoms with Crippen LogP contribution in [0.25, 0.3) is 0 Å². The first-order chi connectivity index (χ1) is 17.2. The maximum absolute atomic E-state index is 12.8. The Hall–Kier alpha value is -2.12. The zero-order valence-electron chi connectivity index (χ0n) is 21.8. The number of nitrogens with two attached hydrogens (primary N) is 1. The molecule has 1 aromatic rings. The van der Waals surface area contributed by atoms with Gasteiger partial charge in [0.15, 0.2) is 0 Å². The molecular formula is C29H41N3O4. The fourth-order valence-corrected chi connectivity index (χ4v) is 8.87. The average Bonchev–Trinajstić information content (AvgIpc) is 3.23. The summed E-state index contributed by atoms with van der Waals surface area (Å²) in [6.45, 7) is 7.94. The monoisotopic (exact) mass is 495 g/mol. The lowest BCUT2D eigenvalue weighted by atomic mass is 9.43. The Balaban J connectivity index is 1.18. The lowest BCUT2D eigenvalue weighted by Gasteiger charge is -2.63. The van der Waals surface area contributed by atoms with Gasteiger partial charge in [-0.3, -0.25) is 0 Å². The van der Waals surface area contributed by atoms with E-state index in [1.165, 1.54) is 6.42 Å². The molecule has 2 heterocycles. The molecule has 7 heteroatoms. The van der Waals surface area contributed by atoms with Gasteiger partial charge in [-0.15, -0.1) is 0 Å². The second kappa shape index (κ2) is 8.73. The van der Waals surface area contributed by atoms with Gasteiger partial charge in [-0.2, -0.15) is 0 Å². The number of amides is 1. The number of ether oxygens (including phenoxy) is 1. The van der Waals surface area contributed by atoms with E-state index in [1.807, 2.05) is 11.0 Å². The van der Waals surface area contributed by atoms with Gasteiger partial charge in [-0.1, -0.05) is 25.5 Å². The van der Waals surface area contributed by atoms with Crippen LogP contribution in [0, 0.1) is 22.7 Å². The number of fused-ring (bicyclic) bond motifs is 5. The van der Waals surface area contributed by atoms with E-state index in [4.69, 9.17) is 14.9 Å². The Labute approximate surface area is 213 Å². The van der Waals surface area contributed by atoms with Crippen molar-refractivity contribution in [2.24, 2.45) is 28.4 Å². The Kier molecular flexibility index (Phi) is 5.87. The summed E-state index contributed by atoms with van der Waals surface area (Å²) >= 11 is 0. The SMILES string of the molecule is CC12CC[C@H]3[C@@H](CC[C@]4(N)C[C@@H](OC(=O)N5CCNCC5)CC[C@]34C)C1=CC[C@@H]2c1ccc(=O)oc1. The number of nitrogens with one attached hydrogen (secondary N) is 1. The van der Waals surface area contributed by atoms with Crippen LogP contribution in [0.3, 0.4) is 0 Å². The predicted molar refractivity (Wildman–Crippen MR) is 138 cm³/mol. The Morgan fingerprint density at radius 3 is 2.69 bits per heavy atom. The molecule has 7 atom stereocenters. The van der Waals surface area contributed by atoms with Crippen LogP contribution in [-0.4, -0.2) is 48.8 Å². The maximum atomic E-state index is 12.8. The molecule has 1 aromatic heterocycles. The molecule has 0 bridgehead atoms. The van der Waals surface area contributed by atoms with Crippen molar-refractivity contribution in [3.05, 3.63) is 46.0 Å². The molecule has 5 aliphatic rings. The second-order valence-corrected chi connectivity index (χ2v) is 12.6. The summed E-state index contributed by atoms with van der Waals surface area (Å²) < 4.78 is 11.3. The zero-order valence-corrected chi connectivity index (χ0v) is 21.8. The first kappa shape index (κ1) is 24.2. The van der Waals surface area contributed by atoms with Gasteiger partial charge in [0.05, 0.1) is 6.26 Å². The molecule has 4 fully saturated rings. The lowest BCUT2D eigenvalue weighted by Crippen LogP contribution is -2.66. The molecule has 1 unspecified atom stereocenters. The number of carbonyl (C=O) groups is 1. The number of rotatable bonds is 2.